The van der Waals surface area contributed by atoms with Crippen LogP contribution in [0.5, 0.6) is 0 Å². The molecule has 0 radical (unpaired) electrons. The second-order valence-electron chi connectivity index (χ2n) is 6.43. The zero-order valence-corrected chi connectivity index (χ0v) is 16.1. The molecule has 0 bridgehead atoms. The fourth-order valence-electron chi connectivity index (χ4n) is 3.15. The molecule has 2 N–H and O–H groups in total. The van der Waals surface area contributed by atoms with E-state index in [1.807, 2.05) is 6.92 Å². The van der Waals surface area contributed by atoms with Crippen molar-refractivity contribution in [1.29, 1.82) is 0 Å². The average Bonchev–Trinajstić information content (AvgIpc) is 3.34. The highest BCUT2D eigenvalue weighted by atomic mass is 32.2. The number of thioether (sulfide) groups is 1. The molecule has 0 aliphatic carbocycles. The zero-order valence-electron chi connectivity index (χ0n) is 15.3. The third-order valence-electron chi connectivity index (χ3n) is 4.65. The smallest absolute Gasteiger partial charge is 0.261 e. The topological polar surface area (TPSA) is 107 Å². The lowest BCUT2D eigenvalue weighted by atomic mass is 10.1. The molecule has 1 aliphatic heterocycles. The van der Waals surface area contributed by atoms with E-state index >= 15 is 0 Å². The standard InChI is InChI=1S/C19H19N5O3S/c1-12-13(8-10-27-12)16-21-22-19(24(16)20)28-11-5-4-9-23-17(25)14-6-2-3-7-15(14)18(23)26/h2-3,6-8,10H,4-5,9,11,20H2,1H3. The number of rotatable bonds is 7. The molecule has 8 nitrogen and oxygen atoms in total. The summed E-state index contributed by atoms with van der Waals surface area (Å²) in [5, 5.41) is 8.87. The van der Waals surface area contributed by atoms with Gasteiger partial charge in [-0.3, -0.25) is 14.5 Å². The van der Waals surface area contributed by atoms with Gasteiger partial charge in [0, 0.05) is 12.3 Å². The quantitative estimate of drug-likeness (QED) is 0.283. The molecule has 0 saturated heterocycles. The molecular weight excluding hydrogens is 378 g/mol. The Morgan fingerprint density at radius 2 is 1.75 bits per heavy atom. The van der Waals surface area contributed by atoms with Gasteiger partial charge in [0.05, 0.1) is 23.0 Å². The summed E-state index contributed by atoms with van der Waals surface area (Å²) in [6, 6.07) is 8.73. The number of benzene rings is 1. The molecule has 0 fully saturated rings. The number of carbonyl (C=O) groups excluding carboxylic acids is 2. The number of aryl methyl sites for hydroxylation is 1. The highest BCUT2D eigenvalue weighted by molar-refractivity contribution is 7.99. The molecule has 0 atom stereocenters. The molecule has 28 heavy (non-hydrogen) atoms. The van der Waals surface area contributed by atoms with Gasteiger partial charge >= 0.3 is 0 Å². The Morgan fingerprint density at radius 1 is 1.04 bits per heavy atom. The number of furan rings is 1. The van der Waals surface area contributed by atoms with Gasteiger partial charge in [0.2, 0.25) is 5.16 Å². The lowest BCUT2D eigenvalue weighted by Crippen LogP contribution is -2.30. The van der Waals surface area contributed by atoms with Crippen molar-refractivity contribution in [2.45, 2.75) is 24.9 Å². The van der Waals surface area contributed by atoms with Crippen molar-refractivity contribution in [3.63, 3.8) is 0 Å². The molecular formula is C19H19N5O3S. The van der Waals surface area contributed by atoms with E-state index in [0.717, 1.165) is 23.5 Å². The Kier molecular flexibility index (Phi) is 4.91. The van der Waals surface area contributed by atoms with Crippen LogP contribution in [0.2, 0.25) is 0 Å². The van der Waals surface area contributed by atoms with Gasteiger partial charge in [-0.2, -0.15) is 0 Å². The van der Waals surface area contributed by atoms with E-state index in [4.69, 9.17) is 10.3 Å². The predicted octanol–water partition coefficient (Wildman–Crippen LogP) is 2.73. The first kappa shape index (κ1) is 18.3. The number of imide groups is 1. The van der Waals surface area contributed by atoms with Gasteiger partial charge in [-0.05, 0) is 38.0 Å². The highest BCUT2D eigenvalue weighted by Crippen LogP contribution is 2.26. The summed E-state index contributed by atoms with van der Waals surface area (Å²) in [6.07, 6.45) is 3.11. The van der Waals surface area contributed by atoms with Gasteiger partial charge in [-0.15, -0.1) is 10.2 Å². The summed E-state index contributed by atoms with van der Waals surface area (Å²) in [6.45, 7) is 2.25. The van der Waals surface area contributed by atoms with Crippen LogP contribution >= 0.6 is 11.8 Å². The Bertz CT molecular complexity index is 1010. The van der Waals surface area contributed by atoms with Crippen LogP contribution in [0.25, 0.3) is 11.4 Å². The van der Waals surface area contributed by atoms with E-state index in [1.54, 1.807) is 36.6 Å². The number of nitrogens with two attached hydrogens (primary N) is 1. The van der Waals surface area contributed by atoms with Crippen molar-refractivity contribution in [2.75, 3.05) is 18.1 Å². The van der Waals surface area contributed by atoms with Crippen LogP contribution < -0.4 is 5.84 Å². The fourth-order valence-corrected chi connectivity index (χ4v) is 4.01. The van der Waals surface area contributed by atoms with Gasteiger partial charge in [0.1, 0.15) is 5.76 Å². The molecule has 0 spiro atoms. The lowest BCUT2D eigenvalue weighted by molar-refractivity contribution is 0.0652. The molecule has 2 amide bonds. The number of unbranched alkanes of at least 4 members (excludes halogenated alkanes) is 1. The maximum absolute atomic E-state index is 12.3. The molecule has 3 aromatic rings. The summed E-state index contributed by atoms with van der Waals surface area (Å²) < 4.78 is 6.73. The van der Waals surface area contributed by atoms with Gasteiger partial charge in [-0.25, -0.2) is 4.68 Å². The summed E-state index contributed by atoms with van der Waals surface area (Å²) in [7, 11) is 0. The zero-order chi connectivity index (χ0) is 19.7. The van der Waals surface area contributed by atoms with Crippen LogP contribution in [0.4, 0.5) is 0 Å². The number of fused-ring (bicyclic) bond motifs is 1. The molecule has 1 aliphatic rings. The number of aromatic nitrogens is 3. The Hall–Kier alpha value is -3.07. The molecule has 144 valence electrons. The summed E-state index contributed by atoms with van der Waals surface area (Å²) in [4.78, 5) is 26.0. The third kappa shape index (κ3) is 3.18. The maximum atomic E-state index is 12.3. The van der Waals surface area contributed by atoms with E-state index in [1.165, 1.54) is 21.3 Å². The van der Waals surface area contributed by atoms with Crippen LogP contribution in [0.1, 0.15) is 39.3 Å². The maximum Gasteiger partial charge on any atom is 0.261 e. The predicted molar refractivity (Wildman–Crippen MR) is 104 cm³/mol. The SMILES string of the molecule is Cc1occc1-c1nnc(SCCCCN2C(=O)c3ccccc3C2=O)n1N. The van der Waals surface area contributed by atoms with Gasteiger partial charge in [-0.1, -0.05) is 23.9 Å². The Morgan fingerprint density at radius 3 is 2.39 bits per heavy atom. The molecule has 1 aromatic carbocycles. The second-order valence-corrected chi connectivity index (χ2v) is 7.49. The number of hydrogen-bond donors (Lipinski definition) is 1. The largest absolute Gasteiger partial charge is 0.469 e. The minimum Gasteiger partial charge on any atom is -0.469 e. The summed E-state index contributed by atoms with van der Waals surface area (Å²) in [5.41, 5.74) is 1.79. The summed E-state index contributed by atoms with van der Waals surface area (Å²) in [5.74, 6) is 7.71. The second kappa shape index (κ2) is 7.51. The first-order valence-corrected chi connectivity index (χ1v) is 9.89. The lowest BCUT2D eigenvalue weighted by Gasteiger charge is -2.13. The van der Waals surface area contributed by atoms with Crippen molar-refractivity contribution < 1.29 is 14.0 Å². The van der Waals surface area contributed by atoms with Gasteiger partial charge in [0.15, 0.2) is 5.82 Å². The van der Waals surface area contributed by atoms with Crippen LogP contribution in [0, 0.1) is 6.92 Å². The molecule has 3 heterocycles. The molecule has 0 unspecified atom stereocenters. The third-order valence-corrected chi connectivity index (χ3v) is 5.68. The normalized spacial score (nSPS) is 13.4. The van der Waals surface area contributed by atoms with Gasteiger partial charge in [0.25, 0.3) is 11.8 Å². The molecule has 2 aromatic heterocycles. The fraction of sp³-hybridized carbons (Fsp3) is 0.263. The van der Waals surface area contributed by atoms with Crippen LogP contribution in [-0.2, 0) is 0 Å². The Balaban J connectivity index is 1.28. The van der Waals surface area contributed by atoms with Crippen LogP contribution in [0.15, 0.2) is 46.2 Å². The monoisotopic (exact) mass is 397 g/mol. The van der Waals surface area contributed by atoms with E-state index in [2.05, 4.69) is 10.2 Å². The summed E-state index contributed by atoms with van der Waals surface area (Å²) >= 11 is 1.49. The van der Waals surface area contributed by atoms with Crippen molar-refractivity contribution in [3.05, 3.63) is 53.5 Å². The van der Waals surface area contributed by atoms with Crippen LogP contribution in [-0.4, -0.2) is 43.9 Å². The number of carbonyl (C=O) groups is 2. The molecule has 4 rings (SSSR count). The number of nitrogen functional groups attached to an aromatic ring is 1. The Labute approximate surface area is 165 Å². The van der Waals surface area contributed by atoms with E-state index in [-0.39, 0.29) is 11.8 Å². The minimum atomic E-state index is -0.213. The first-order chi connectivity index (χ1) is 13.6. The van der Waals surface area contributed by atoms with Crippen molar-refractivity contribution in [2.24, 2.45) is 0 Å². The van der Waals surface area contributed by atoms with Crippen LogP contribution in [0.3, 0.4) is 0 Å². The first-order valence-electron chi connectivity index (χ1n) is 8.91. The minimum absolute atomic E-state index is 0.213. The van der Waals surface area contributed by atoms with Crippen molar-refractivity contribution >= 4 is 23.6 Å². The van der Waals surface area contributed by atoms with Gasteiger partial charge < -0.3 is 10.3 Å². The van der Waals surface area contributed by atoms with Crippen molar-refractivity contribution in [3.8, 4) is 11.4 Å². The number of nitrogens with zero attached hydrogens (tertiary/aromatic N) is 4. The number of amides is 2. The highest BCUT2D eigenvalue weighted by Gasteiger charge is 2.34. The molecule has 9 heteroatoms. The number of hydrogen-bond acceptors (Lipinski definition) is 7. The van der Waals surface area contributed by atoms with Crippen molar-refractivity contribution in [1.82, 2.24) is 19.8 Å². The molecule has 0 saturated carbocycles. The average molecular weight is 397 g/mol. The van der Waals surface area contributed by atoms with E-state index in [9.17, 15) is 9.59 Å². The van der Waals surface area contributed by atoms with E-state index in [0.29, 0.717) is 35.1 Å². The van der Waals surface area contributed by atoms with E-state index < -0.39 is 0 Å².